The molecule has 2 aromatic carbocycles. The van der Waals surface area contributed by atoms with E-state index in [4.69, 9.17) is 9.90 Å². The molecule has 1 aliphatic heterocycles. The zero-order chi connectivity index (χ0) is 19.8. The average molecular weight is 371 g/mol. The van der Waals surface area contributed by atoms with Crippen LogP contribution in [0.2, 0.25) is 0 Å². The molecule has 0 radical (unpaired) electrons. The van der Waals surface area contributed by atoms with Crippen LogP contribution in [0.1, 0.15) is 18.1 Å². The second-order valence-corrected chi connectivity index (χ2v) is 5.83. The number of carbonyl (C=O) groups is 2. The first-order chi connectivity index (χ1) is 12.9. The van der Waals surface area contributed by atoms with E-state index in [1.165, 1.54) is 12.1 Å². The first-order valence-electron chi connectivity index (χ1n) is 8.23. The molecule has 2 aromatic rings. The number of carboxylic acid groups (broad SMARTS) is 1. The van der Waals surface area contributed by atoms with Gasteiger partial charge in [0.25, 0.3) is 5.97 Å². The van der Waals surface area contributed by atoms with Crippen LogP contribution >= 0.6 is 0 Å². The van der Waals surface area contributed by atoms with E-state index in [-0.39, 0.29) is 17.4 Å². The lowest BCUT2D eigenvalue weighted by Crippen LogP contribution is -2.32. The van der Waals surface area contributed by atoms with Crippen molar-refractivity contribution in [3.63, 3.8) is 0 Å². The molecule has 0 saturated carbocycles. The Morgan fingerprint density at radius 3 is 1.67 bits per heavy atom. The normalized spacial score (nSPS) is 16.8. The molecular weight excluding hydrogens is 352 g/mol. The van der Waals surface area contributed by atoms with Crippen LogP contribution in [0.25, 0.3) is 12.2 Å². The van der Waals surface area contributed by atoms with Crippen molar-refractivity contribution >= 4 is 23.9 Å². The first-order valence-corrected chi connectivity index (χ1v) is 8.23. The number of halogens is 2. The minimum Gasteiger partial charge on any atom is -0.481 e. The lowest BCUT2D eigenvalue weighted by Gasteiger charge is -2.18. The zero-order valence-electron chi connectivity index (χ0n) is 14.7. The van der Waals surface area contributed by atoms with Gasteiger partial charge in [-0.15, -0.1) is 0 Å². The summed E-state index contributed by atoms with van der Waals surface area (Å²) in [7, 11) is 0. The molecule has 4 nitrogen and oxygen atoms in total. The number of nitrogens with one attached hydrogen (secondary N) is 1. The highest BCUT2D eigenvalue weighted by Gasteiger charge is 2.20. The average Bonchev–Trinajstić information content (AvgIpc) is 2.61. The SMILES string of the molecule is CC(=O)O.O=C1/C(=C/c2ccccc2F)CNC/C1=C\c1ccccc1F. The van der Waals surface area contributed by atoms with Gasteiger partial charge in [-0.2, -0.15) is 0 Å². The Kier molecular flexibility index (Phi) is 7.14. The van der Waals surface area contributed by atoms with Crippen molar-refractivity contribution in [3.8, 4) is 0 Å². The van der Waals surface area contributed by atoms with Crippen LogP contribution in [0.5, 0.6) is 0 Å². The Morgan fingerprint density at radius 1 is 0.926 bits per heavy atom. The molecule has 0 amide bonds. The summed E-state index contributed by atoms with van der Waals surface area (Å²) in [4.78, 5) is 21.5. The van der Waals surface area contributed by atoms with E-state index in [0.717, 1.165) is 6.92 Å². The summed E-state index contributed by atoms with van der Waals surface area (Å²) in [6, 6.07) is 12.6. The van der Waals surface area contributed by atoms with Gasteiger partial charge in [-0.25, -0.2) is 8.78 Å². The van der Waals surface area contributed by atoms with Crippen LogP contribution in [0.15, 0.2) is 59.7 Å². The minimum absolute atomic E-state index is 0.185. The number of hydrogen-bond donors (Lipinski definition) is 2. The summed E-state index contributed by atoms with van der Waals surface area (Å²) >= 11 is 0. The molecule has 0 spiro atoms. The fourth-order valence-electron chi connectivity index (χ4n) is 2.49. The Labute approximate surface area is 155 Å². The fraction of sp³-hybridized carbons (Fsp3) is 0.143. The predicted molar refractivity (Wildman–Crippen MR) is 99.9 cm³/mol. The van der Waals surface area contributed by atoms with Crippen molar-refractivity contribution in [1.82, 2.24) is 5.32 Å². The third-order valence-electron chi connectivity index (χ3n) is 3.68. The van der Waals surface area contributed by atoms with Gasteiger partial charge in [0, 0.05) is 42.3 Å². The summed E-state index contributed by atoms with van der Waals surface area (Å²) in [6.45, 7) is 1.81. The van der Waals surface area contributed by atoms with E-state index in [0.29, 0.717) is 35.4 Å². The van der Waals surface area contributed by atoms with Crippen molar-refractivity contribution in [2.24, 2.45) is 0 Å². The summed E-state index contributed by atoms with van der Waals surface area (Å²) in [5, 5.41) is 10.5. The van der Waals surface area contributed by atoms with E-state index in [2.05, 4.69) is 5.32 Å². The maximum Gasteiger partial charge on any atom is 0.300 e. The third kappa shape index (κ3) is 5.97. The van der Waals surface area contributed by atoms with E-state index in [1.54, 1.807) is 48.6 Å². The second-order valence-electron chi connectivity index (χ2n) is 5.83. The van der Waals surface area contributed by atoms with Crippen molar-refractivity contribution in [1.29, 1.82) is 0 Å². The van der Waals surface area contributed by atoms with Gasteiger partial charge >= 0.3 is 0 Å². The molecule has 0 aliphatic carbocycles. The highest BCUT2D eigenvalue weighted by Crippen LogP contribution is 2.19. The summed E-state index contributed by atoms with van der Waals surface area (Å²) in [5.41, 5.74) is 1.66. The molecule has 6 heteroatoms. The Hall–Kier alpha value is -3.12. The highest BCUT2D eigenvalue weighted by molar-refractivity contribution is 6.14. The quantitative estimate of drug-likeness (QED) is 0.790. The molecule has 0 unspecified atom stereocenters. The van der Waals surface area contributed by atoms with Crippen LogP contribution in [-0.2, 0) is 9.59 Å². The fourth-order valence-corrected chi connectivity index (χ4v) is 2.49. The van der Waals surface area contributed by atoms with Crippen molar-refractivity contribution in [3.05, 3.63) is 82.4 Å². The molecule has 3 rings (SSSR count). The van der Waals surface area contributed by atoms with Crippen LogP contribution in [0.3, 0.4) is 0 Å². The molecular formula is C21H19F2NO3. The summed E-state index contributed by atoms with van der Waals surface area (Å²) in [5.74, 6) is -1.77. The van der Waals surface area contributed by atoms with Gasteiger partial charge in [0.05, 0.1) is 0 Å². The monoisotopic (exact) mass is 371 g/mol. The summed E-state index contributed by atoms with van der Waals surface area (Å²) < 4.78 is 27.5. The number of benzene rings is 2. The number of carboxylic acids is 1. The van der Waals surface area contributed by atoms with Crippen molar-refractivity contribution in [2.75, 3.05) is 13.1 Å². The molecule has 1 saturated heterocycles. The molecule has 0 atom stereocenters. The number of piperidine rings is 1. The topological polar surface area (TPSA) is 66.4 Å². The lowest BCUT2D eigenvalue weighted by atomic mass is 9.95. The van der Waals surface area contributed by atoms with Crippen molar-refractivity contribution in [2.45, 2.75) is 6.92 Å². The van der Waals surface area contributed by atoms with Gasteiger partial charge in [-0.05, 0) is 24.3 Å². The van der Waals surface area contributed by atoms with Crippen LogP contribution in [0, 0.1) is 11.6 Å². The molecule has 1 aliphatic rings. The largest absolute Gasteiger partial charge is 0.481 e. The maximum atomic E-state index is 13.7. The molecule has 0 aromatic heterocycles. The van der Waals surface area contributed by atoms with E-state index in [9.17, 15) is 13.6 Å². The first kappa shape index (κ1) is 20.2. The van der Waals surface area contributed by atoms with E-state index < -0.39 is 5.97 Å². The Morgan fingerprint density at radius 2 is 1.30 bits per heavy atom. The molecule has 140 valence electrons. The number of hydrogen-bond acceptors (Lipinski definition) is 3. The number of rotatable bonds is 2. The van der Waals surface area contributed by atoms with Crippen LogP contribution in [-0.4, -0.2) is 29.9 Å². The molecule has 27 heavy (non-hydrogen) atoms. The van der Waals surface area contributed by atoms with E-state index >= 15 is 0 Å². The Balaban J connectivity index is 0.000000596. The van der Waals surface area contributed by atoms with Crippen LogP contribution < -0.4 is 5.32 Å². The van der Waals surface area contributed by atoms with Gasteiger partial charge in [0.2, 0.25) is 0 Å². The molecule has 0 bridgehead atoms. The number of ketones is 1. The standard InChI is InChI=1S/C19H15F2NO.C2H4O2/c20-17-7-3-1-5-13(17)9-15-11-22-12-16(19(15)23)10-14-6-2-4-8-18(14)21;1-2(3)4/h1-10,22H,11-12H2;1H3,(H,3,4)/b15-9+,16-10+;. The molecule has 1 fully saturated rings. The van der Waals surface area contributed by atoms with Crippen molar-refractivity contribution < 1.29 is 23.5 Å². The van der Waals surface area contributed by atoms with Crippen LogP contribution in [0.4, 0.5) is 8.78 Å². The van der Waals surface area contributed by atoms with Gasteiger partial charge in [0.15, 0.2) is 5.78 Å². The van der Waals surface area contributed by atoms with Gasteiger partial charge in [-0.1, -0.05) is 36.4 Å². The number of carbonyl (C=O) groups excluding carboxylic acids is 1. The minimum atomic E-state index is -0.833. The predicted octanol–water partition coefficient (Wildman–Crippen LogP) is 3.70. The number of aliphatic carboxylic acids is 1. The molecule has 2 N–H and O–H groups in total. The molecule has 1 heterocycles. The zero-order valence-corrected chi connectivity index (χ0v) is 14.7. The van der Waals surface area contributed by atoms with Gasteiger partial charge < -0.3 is 10.4 Å². The van der Waals surface area contributed by atoms with E-state index in [1.807, 2.05) is 0 Å². The summed E-state index contributed by atoms with van der Waals surface area (Å²) in [6.07, 6.45) is 3.08. The van der Waals surface area contributed by atoms with Gasteiger partial charge in [0.1, 0.15) is 11.6 Å². The number of Topliss-reactive ketones (excluding diaryl/α,β-unsaturated/α-hetero) is 1. The second kappa shape index (κ2) is 9.54. The van der Waals surface area contributed by atoms with Gasteiger partial charge in [-0.3, -0.25) is 9.59 Å². The third-order valence-corrected chi connectivity index (χ3v) is 3.68. The Bertz CT molecular complexity index is 834. The highest BCUT2D eigenvalue weighted by atomic mass is 19.1. The lowest BCUT2D eigenvalue weighted by molar-refractivity contribution is -0.134. The maximum absolute atomic E-state index is 13.7. The smallest absolute Gasteiger partial charge is 0.300 e.